The zero-order valence-electron chi connectivity index (χ0n) is 16.4. The second-order valence-electron chi connectivity index (χ2n) is 8.96. The smallest absolute Gasteiger partial charge is 0.341 e. The molecule has 4 atom stereocenters. The van der Waals surface area contributed by atoms with E-state index in [1.165, 1.54) is 4.57 Å². The van der Waals surface area contributed by atoms with Crippen molar-refractivity contribution >= 4 is 22.6 Å². The van der Waals surface area contributed by atoms with E-state index in [9.17, 15) is 19.1 Å². The van der Waals surface area contributed by atoms with Gasteiger partial charge in [0.15, 0.2) is 0 Å². The van der Waals surface area contributed by atoms with Crippen LogP contribution < -0.4 is 16.1 Å². The zero-order chi connectivity index (χ0) is 21.6. The molecule has 3 N–H and O–H groups in total. The van der Waals surface area contributed by atoms with Gasteiger partial charge >= 0.3 is 5.97 Å². The molecule has 6 nitrogen and oxygen atoms in total. The highest BCUT2D eigenvalue weighted by Crippen LogP contribution is 2.49. The maximum absolute atomic E-state index is 15.4. The van der Waals surface area contributed by atoms with Crippen molar-refractivity contribution in [2.24, 2.45) is 5.73 Å². The lowest BCUT2D eigenvalue weighted by Gasteiger charge is -2.27. The Kier molecular flexibility index (Phi) is 3.88. The molecule has 1 saturated heterocycles. The van der Waals surface area contributed by atoms with Gasteiger partial charge in [-0.15, -0.1) is 0 Å². The van der Waals surface area contributed by atoms with Gasteiger partial charge in [-0.05, 0) is 37.8 Å². The summed E-state index contributed by atoms with van der Waals surface area (Å²) < 4.78 is 45.9. The average Bonchev–Trinajstić information content (AvgIpc) is 3.22. The minimum atomic E-state index is -1.62. The summed E-state index contributed by atoms with van der Waals surface area (Å²) in [5.74, 6) is -2.20. The number of carboxylic acids is 1. The molecule has 1 aromatic heterocycles. The molecule has 5 rings (SSSR count). The number of pyridine rings is 1. The summed E-state index contributed by atoms with van der Waals surface area (Å²) >= 11 is 0. The molecule has 2 heterocycles. The number of halogens is 3. The molecule has 1 aliphatic heterocycles. The van der Waals surface area contributed by atoms with Crippen LogP contribution in [0.4, 0.5) is 18.9 Å². The number of aryl methyl sites for hydroxylation is 1. The molecule has 160 valence electrons. The maximum Gasteiger partial charge on any atom is 0.341 e. The quantitative estimate of drug-likeness (QED) is 0.796. The Morgan fingerprint density at radius 2 is 2.03 bits per heavy atom. The minimum absolute atomic E-state index is 0.0562. The van der Waals surface area contributed by atoms with Crippen LogP contribution in [0.3, 0.4) is 0 Å². The third kappa shape index (κ3) is 2.47. The van der Waals surface area contributed by atoms with Gasteiger partial charge in [0.25, 0.3) is 0 Å². The van der Waals surface area contributed by atoms with Crippen molar-refractivity contribution in [1.82, 2.24) is 4.57 Å². The summed E-state index contributed by atoms with van der Waals surface area (Å²) in [5.41, 5.74) is 3.04. The molecule has 3 aliphatic rings. The number of carbonyl (C=O) groups is 1. The van der Waals surface area contributed by atoms with Gasteiger partial charge in [-0.1, -0.05) is 0 Å². The van der Waals surface area contributed by atoms with Gasteiger partial charge in [-0.2, -0.15) is 0 Å². The van der Waals surface area contributed by atoms with E-state index in [1.807, 2.05) is 0 Å². The lowest BCUT2D eigenvalue weighted by atomic mass is 9.89. The summed E-state index contributed by atoms with van der Waals surface area (Å²) in [6.45, 7) is 1.67. The number of anilines is 1. The molecule has 3 fully saturated rings. The molecule has 1 aromatic carbocycles. The van der Waals surface area contributed by atoms with Crippen LogP contribution in [0.15, 0.2) is 17.1 Å². The maximum atomic E-state index is 15.4. The molecule has 30 heavy (non-hydrogen) atoms. The Hall–Kier alpha value is -2.55. The number of hydrogen-bond acceptors (Lipinski definition) is 4. The summed E-state index contributed by atoms with van der Waals surface area (Å²) in [7, 11) is 0. The average molecular weight is 421 g/mol. The van der Waals surface area contributed by atoms with Gasteiger partial charge in [0.05, 0.1) is 29.3 Å². The van der Waals surface area contributed by atoms with E-state index in [0.29, 0.717) is 24.8 Å². The van der Waals surface area contributed by atoms with E-state index in [2.05, 4.69) is 0 Å². The van der Waals surface area contributed by atoms with Crippen molar-refractivity contribution in [3.8, 4) is 0 Å². The number of aromatic carboxylic acids is 1. The molecular weight excluding hydrogens is 399 g/mol. The molecule has 0 unspecified atom stereocenters. The lowest BCUT2D eigenvalue weighted by molar-refractivity contribution is 0.0694. The predicted molar refractivity (Wildman–Crippen MR) is 105 cm³/mol. The first kappa shape index (κ1) is 19.4. The molecule has 2 saturated carbocycles. The monoisotopic (exact) mass is 421 g/mol. The van der Waals surface area contributed by atoms with E-state index in [4.69, 9.17) is 5.73 Å². The largest absolute Gasteiger partial charge is 0.477 e. The van der Waals surface area contributed by atoms with Crippen molar-refractivity contribution in [3.05, 3.63) is 39.4 Å². The Balaban J connectivity index is 1.73. The van der Waals surface area contributed by atoms with Crippen LogP contribution in [0.5, 0.6) is 0 Å². The molecule has 9 heteroatoms. The predicted octanol–water partition coefficient (Wildman–Crippen LogP) is 2.84. The third-order valence-electron chi connectivity index (χ3n) is 7.07. The third-order valence-corrected chi connectivity index (χ3v) is 7.07. The number of nitrogens with two attached hydrogens (primary N) is 1. The second kappa shape index (κ2) is 6.00. The number of nitrogens with zero attached hydrogens (tertiary/aromatic N) is 2. The molecule has 0 radical (unpaired) electrons. The number of alkyl halides is 2. The van der Waals surface area contributed by atoms with Gasteiger partial charge in [-0.25, -0.2) is 18.0 Å². The van der Waals surface area contributed by atoms with Crippen LogP contribution in [0.2, 0.25) is 0 Å². The van der Waals surface area contributed by atoms with Gasteiger partial charge < -0.3 is 20.3 Å². The van der Waals surface area contributed by atoms with Crippen molar-refractivity contribution < 1.29 is 23.1 Å². The molecule has 0 bridgehead atoms. The van der Waals surface area contributed by atoms with Crippen LogP contribution in [-0.2, 0) is 0 Å². The highest BCUT2D eigenvalue weighted by Gasteiger charge is 2.60. The summed E-state index contributed by atoms with van der Waals surface area (Å²) in [6.07, 6.45) is 1.65. The van der Waals surface area contributed by atoms with E-state index >= 15 is 8.78 Å². The topological polar surface area (TPSA) is 88.6 Å². The molecular formula is C21H22F3N3O3. The normalized spacial score (nSPS) is 32.6. The summed E-state index contributed by atoms with van der Waals surface area (Å²) in [4.78, 5) is 25.8. The van der Waals surface area contributed by atoms with E-state index in [1.54, 1.807) is 11.8 Å². The Morgan fingerprint density at radius 3 is 2.63 bits per heavy atom. The number of carboxylic acid groups (broad SMARTS) is 1. The highest BCUT2D eigenvalue weighted by molar-refractivity contribution is 5.95. The number of rotatable bonds is 3. The van der Waals surface area contributed by atoms with Gasteiger partial charge in [-0.3, -0.25) is 4.79 Å². The second-order valence-corrected chi connectivity index (χ2v) is 8.96. The Morgan fingerprint density at radius 1 is 1.33 bits per heavy atom. The first-order chi connectivity index (χ1) is 14.1. The zero-order valence-corrected chi connectivity index (χ0v) is 16.4. The van der Waals surface area contributed by atoms with Crippen molar-refractivity contribution in [3.63, 3.8) is 0 Å². The van der Waals surface area contributed by atoms with E-state index < -0.39 is 46.2 Å². The Labute approximate surface area is 170 Å². The molecule has 2 aromatic rings. The number of hydrogen-bond donors (Lipinski definition) is 2. The van der Waals surface area contributed by atoms with Crippen molar-refractivity contribution in [1.29, 1.82) is 0 Å². The van der Waals surface area contributed by atoms with E-state index in [-0.39, 0.29) is 36.1 Å². The van der Waals surface area contributed by atoms with Gasteiger partial charge in [0.1, 0.15) is 23.2 Å². The highest BCUT2D eigenvalue weighted by atomic mass is 19.1. The minimum Gasteiger partial charge on any atom is -0.477 e. The first-order valence-corrected chi connectivity index (χ1v) is 10.0. The molecule has 0 spiro atoms. The van der Waals surface area contributed by atoms with Crippen molar-refractivity contribution in [2.75, 3.05) is 18.0 Å². The fourth-order valence-corrected chi connectivity index (χ4v) is 5.38. The van der Waals surface area contributed by atoms with Gasteiger partial charge in [0.2, 0.25) is 5.43 Å². The lowest BCUT2D eigenvalue weighted by Crippen LogP contribution is -2.53. The number of aromatic nitrogens is 1. The Bertz CT molecular complexity index is 1150. The number of fused-ring (bicyclic) bond motifs is 2. The molecule has 0 amide bonds. The fraction of sp³-hybridized carbons (Fsp3) is 0.524. The summed E-state index contributed by atoms with van der Waals surface area (Å²) in [6, 6.07) is 0.371. The van der Waals surface area contributed by atoms with E-state index in [0.717, 1.165) is 12.3 Å². The first-order valence-electron chi connectivity index (χ1n) is 10.0. The van der Waals surface area contributed by atoms with Crippen LogP contribution in [0.25, 0.3) is 10.9 Å². The number of benzene rings is 1. The van der Waals surface area contributed by atoms with Crippen molar-refractivity contribution in [2.45, 2.75) is 56.0 Å². The molecule has 2 aliphatic carbocycles. The van der Waals surface area contributed by atoms with Crippen LogP contribution in [0.1, 0.15) is 47.6 Å². The van der Waals surface area contributed by atoms with Gasteiger partial charge in [0, 0.05) is 24.5 Å². The SMILES string of the molecule is Cc1c(N2C[C@]3(N)CCC[C@]3(F)C2)c(F)cc2c(=O)c(C(=O)O)cn([C@@H]3C[C@@H]3F)c12. The summed E-state index contributed by atoms with van der Waals surface area (Å²) in [5, 5.41) is 9.25. The standard InChI is InChI=1S/C21H22F3N3O3/c1-10-16-11(18(28)12(19(29)30)7-27(16)15-6-13(15)22)5-14(23)17(10)26-8-20(24)3-2-4-21(20,25)9-26/h5,7,13,15H,2-4,6,8-9,25H2,1H3,(H,29,30)/t13-,15+,20-,21+/m0/s1. The fourth-order valence-electron chi connectivity index (χ4n) is 5.38. The van der Waals surface area contributed by atoms with Crippen LogP contribution in [0, 0.1) is 12.7 Å². The van der Waals surface area contributed by atoms with Crippen LogP contribution in [-0.4, -0.2) is 46.1 Å². The van der Waals surface area contributed by atoms with Crippen LogP contribution >= 0.6 is 0 Å².